The smallest absolute Gasteiger partial charge is 0.196 e. The molecule has 0 amide bonds. The summed E-state index contributed by atoms with van der Waals surface area (Å²) >= 11 is 0. The van der Waals surface area contributed by atoms with Gasteiger partial charge in [0.15, 0.2) is 5.43 Å². The number of para-hydroxylation sites is 1. The predicted octanol–water partition coefficient (Wildman–Crippen LogP) is 5.91. The third kappa shape index (κ3) is 3.48. The van der Waals surface area contributed by atoms with E-state index in [9.17, 15) is 4.79 Å². The maximum atomic E-state index is 12.4. The minimum Gasteiger partial charge on any atom is -0.456 e. The maximum absolute atomic E-state index is 12.4. The molecule has 1 aromatic heterocycles. The fourth-order valence-corrected chi connectivity index (χ4v) is 2.53. The van der Waals surface area contributed by atoms with Crippen molar-refractivity contribution in [3.63, 3.8) is 0 Å². The third-order valence-electron chi connectivity index (χ3n) is 4.12. The molecule has 0 radical (unpaired) electrons. The average Bonchev–Trinajstić information content (AvgIpc) is 2.62. The Morgan fingerprint density at radius 3 is 2.29 bits per heavy atom. The Bertz CT molecular complexity index is 930. The van der Waals surface area contributed by atoms with Gasteiger partial charge in [-0.05, 0) is 55.7 Å². The highest BCUT2D eigenvalue weighted by Crippen LogP contribution is 2.19. The Hall–Kier alpha value is -2.61. The molecule has 2 heteroatoms. The second-order valence-electron chi connectivity index (χ2n) is 5.54. The van der Waals surface area contributed by atoms with Crippen LogP contribution in [0.15, 0.2) is 51.7 Å². The van der Waals surface area contributed by atoms with E-state index < -0.39 is 0 Å². The topological polar surface area (TPSA) is 30.2 Å². The molecular weight excluding hydrogens is 296 g/mol. The Morgan fingerprint density at radius 2 is 1.54 bits per heavy atom. The summed E-state index contributed by atoms with van der Waals surface area (Å²) in [5.74, 6) is 0.615. The van der Waals surface area contributed by atoms with Crippen LogP contribution in [0.2, 0.25) is 0 Å². The van der Waals surface area contributed by atoms with Crippen molar-refractivity contribution in [3.05, 3.63) is 80.7 Å². The standard InChI is InChI=1S/C20H18O2.C2H6/c1-13-7-6-8-16(14(13)2)11-12-18-15(3)20(21)17-9-4-5-10-19(17)22-18;1-2/h4-12H,1-3H3;1-2H3/b12-11+;. The van der Waals surface area contributed by atoms with Crippen molar-refractivity contribution >= 4 is 23.1 Å². The molecule has 124 valence electrons. The van der Waals surface area contributed by atoms with Crippen LogP contribution >= 0.6 is 0 Å². The lowest BCUT2D eigenvalue weighted by atomic mass is 10.0. The normalized spacial score (nSPS) is 10.7. The molecule has 0 N–H and O–H groups in total. The van der Waals surface area contributed by atoms with E-state index in [1.54, 1.807) is 13.0 Å². The van der Waals surface area contributed by atoms with Crippen LogP contribution in [0, 0.1) is 20.8 Å². The quantitative estimate of drug-likeness (QED) is 0.587. The summed E-state index contributed by atoms with van der Waals surface area (Å²) in [7, 11) is 0. The first kappa shape index (κ1) is 17.7. The van der Waals surface area contributed by atoms with Crippen LogP contribution in [0.4, 0.5) is 0 Å². The lowest BCUT2D eigenvalue weighted by molar-refractivity contribution is 0.585. The molecule has 24 heavy (non-hydrogen) atoms. The number of hydrogen-bond acceptors (Lipinski definition) is 2. The van der Waals surface area contributed by atoms with E-state index in [0.29, 0.717) is 22.3 Å². The molecule has 0 aliphatic heterocycles. The van der Waals surface area contributed by atoms with Crippen molar-refractivity contribution < 1.29 is 4.42 Å². The summed E-state index contributed by atoms with van der Waals surface area (Å²) < 4.78 is 5.88. The van der Waals surface area contributed by atoms with Crippen molar-refractivity contribution in [1.82, 2.24) is 0 Å². The van der Waals surface area contributed by atoms with E-state index in [1.165, 1.54) is 11.1 Å². The monoisotopic (exact) mass is 320 g/mol. The van der Waals surface area contributed by atoms with E-state index in [1.807, 2.05) is 50.3 Å². The van der Waals surface area contributed by atoms with Gasteiger partial charge in [0.05, 0.1) is 5.39 Å². The molecule has 3 rings (SSSR count). The fourth-order valence-electron chi connectivity index (χ4n) is 2.53. The van der Waals surface area contributed by atoms with Gasteiger partial charge in [0, 0.05) is 5.56 Å². The van der Waals surface area contributed by atoms with E-state index in [0.717, 1.165) is 5.56 Å². The Kier molecular flexibility index (Phi) is 5.75. The van der Waals surface area contributed by atoms with E-state index in [2.05, 4.69) is 26.0 Å². The zero-order valence-corrected chi connectivity index (χ0v) is 15.0. The molecule has 2 aromatic carbocycles. The van der Waals surface area contributed by atoms with E-state index >= 15 is 0 Å². The summed E-state index contributed by atoms with van der Waals surface area (Å²) in [6.07, 6.45) is 3.88. The van der Waals surface area contributed by atoms with Crippen LogP contribution in [-0.2, 0) is 0 Å². The number of aryl methyl sites for hydroxylation is 1. The van der Waals surface area contributed by atoms with Gasteiger partial charge in [0.25, 0.3) is 0 Å². The van der Waals surface area contributed by atoms with Gasteiger partial charge in [0.1, 0.15) is 11.3 Å². The predicted molar refractivity (Wildman–Crippen MR) is 103 cm³/mol. The second kappa shape index (κ2) is 7.78. The van der Waals surface area contributed by atoms with Gasteiger partial charge in [-0.25, -0.2) is 0 Å². The van der Waals surface area contributed by atoms with Gasteiger partial charge in [-0.15, -0.1) is 0 Å². The van der Waals surface area contributed by atoms with E-state index in [-0.39, 0.29) is 5.43 Å². The number of rotatable bonds is 2. The first-order valence-electron chi connectivity index (χ1n) is 8.34. The zero-order chi connectivity index (χ0) is 17.7. The van der Waals surface area contributed by atoms with Crippen LogP contribution in [0.5, 0.6) is 0 Å². The van der Waals surface area contributed by atoms with Crippen molar-refractivity contribution in [3.8, 4) is 0 Å². The van der Waals surface area contributed by atoms with Crippen molar-refractivity contribution in [1.29, 1.82) is 0 Å². The molecule has 0 aliphatic carbocycles. The lowest BCUT2D eigenvalue weighted by Gasteiger charge is -2.05. The van der Waals surface area contributed by atoms with Crippen LogP contribution < -0.4 is 5.43 Å². The van der Waals surface area contributed by atoms with Crippen molar-refractivity contribution in [2.24, 2.45) is 0 Å². The molecule has 0 spiro atoms. The molecule has 1 heterocycles. The van der Waals surface area contributed by atoms with Gasteiger partial charge in [0.2, 0.25) is 0 Å². The van der Waals surface area contributed by atoms with Gasteiger partial charge in [-0.1, -0.05) is 50.3 Å². The summed E-state index contributed by atoms with van der Waals surface area (Å²) in [4.78, 5) is 12.4. The zero-order valence-electron chi connectivity index (χ0n) is 15.0. The minimum atomic E-state index is 0.0301. The van der Waals surface area contributed by atoms with Gasteiger partial charge >= 0.3 is 0 Å². The summed E-state index contributed by atoms with van der Waals surface area (Å²) in [6.45, 7) is 9.99. The second-order valence-corrected chi connectivity index (χ2v) is 5.54. The molecule has 0 atom stereocenters. The lowest BCUT2D eigenvalue weighted by Crippen LogP contribution is -2.06. The number of hydrogen-bond donors (Lipinski definition) is 0. The summed E-state index contributed by atoms with van der Waals surface area (Å²) in [6, 6.07) is 13.5. The molecule has 0 fully saturated rings. The Labute approximate surface area is 143 Å². The molecule has 0 bridgehead atoms. The van der Waals surface area contributed by atoms with Crippen molar-refractivity contribution in [2.45, 2.75) is 34.6 Å². The highest BCUT2D eigenvalue weighted by atomic mass is 16.3. The van der Waals surface area contributed by atoms with E-state index in [4.69, 9.17) is 4.42 Å². The van der Waals surface area contributed by atoms with Crippen LogP contribution in [0.3, 0.4) is 0 Å². The first-order chi connectivity index (χ1) is 11.6. The molecule has 0 saturated carbocycles. The largest absolute Gasteiger partial charge is 0.456 e. The molecule has 2 nitrogen and oxygen atoms in total. The Balaban J connectivity index is 0.00000100. The summed E-state index contributed by atoms with van der Waals surface area (Å²) in [5.41, 5.74) is 4.91. The summed E-state index contributed by atoms with van der Waals surface area (Å²) in [5, 5.41) is 0.629. The third-order valence-corrected chi connectivity index (χ3v) is 4.12. The fraction of sp³-hybridized carbons (Fsp3) is 0.227. The number of fused-ring (bicyclic) bond motifs is 1. The van der Waals surface area contributed by atoms with Gasteiger partial charge in [-0.3, -0.25) is 4.79 Å². The van der Waals surface area contributed by atoms with Crippen LogP contribution in [-0.4, -0.2) is 0 Å². The Morgan fingerprint density at radius 1 is 0.833 bits per heavy atom. The molecule has 0 aliphatic rings. The molecule has 3 aromatic rings. The van der Waals surface area contributed by atoms with Crippen LogP contribution in [0.1, 0.15) is 41.9 Å². The van der Waals surface area contributed by atoms with Crippen LogP contribution in [0.25, 0.3) is 23.1 Å². The first-order valence-corrected chi connectivity index (χ1v) is 8.34. The average molecular weight is 320 g/mol. The van der Waals surface area contributed by atoms with Gasteiger partial charge in [-0.2, -0.15) is 0 Å². The van der Waals surface area contributed by atoms with Gasteiger partial charge < -0.3 is 4.42 Å². The molecular formula is C22H24O2. The minimum absolute atomic E-state index is 0.0301. The number of benzene rings is 2. The SMILES string of the molecule is CC.Cc1cccc(/C=C/c2oc3ccccc3c(=O)c2C)c1C. The highest BCUT2D eigenvalue weighted by Gasteiger charge is 2.08. The highest BCUT2D eigenvalue weighted by molar-refractivity contribution is 5.80. The molecule has 0 saturated heterocycles. The maximum Gasteiger partial charge on any atom is 0.196 e. The molecule has 0 unspecified atom stereocenters. The van der Waals surface area contributed by atoms with Crippen molar-refractivity contribution in [2.75, 3.05) is 0 Å².